The SMILES string of the molecule is CC1CCCN(c2cc(C(=O)N3CCOCC4(C3)CN(c3cccc(F)c3)C(=O)O4)ccn2)C1. The van der Waals surface area contributed by atoms with E-state index in [-0.39, 0.29) is 25.6 Å². The highest BCUT2D eigenvalue weighted by Crippen LogP contribution is 2.31. The number of halogens is 1. The summed E-state index contributed by atoms with van der Waals surface area (Å²) in [7, 11) is 0. The van der Waals surface area contributed by atoms with Crippen LogP contribution in [0.1, 0.15) is 30.1 Å². The molecule has 180 valence electrons. The van der Waals surface area contributed by atoms with Crippen molar-refractivity contribution >= 4 is 23.5 Å². The number of anilines is 2. The van der Waals surface area contributed by atoms with Crippen LogP contribution in [0.3, 0.4) is 0 Å². The fourth-order valence-corrected chi connectivity index (χ4v) is 5.01. The molecule has 2 aromatic rings. The number of pyridine rings is 1. The number of ether oxygens (including phenoxy) is 2. The molecule has 1 spiro atoms. The summed E-state index contributed by atoms with van der Waals surface area (Å²) in [4.78, 5) is 36.0. The van der Waals surface area contributed by atoms with Gasteiger partial charge >= 0.3 is 6.09 Å². The molecule has 0 bridgehead atoms. The fraction of sp³-hybridized carbons (Fsp3) is 0.480. The van der Waals surface area contributed by atoms with Gasteiger partial charge in [0.25, 0.3) is 5.91 Å². The van der Waals surface area contributed by atoms with Crippen LogP contribution in [-0.4, -0.2) is 73.4 Å². The number of hydrogen-bond acceptors (Lipinski definition) is 6. The van der Waals surface area contributed by atoms with Crippen molar-refractivity contribution in [1.29, 1.82) is 0 Å². The number of aromatic nitrogens is 1. The standard InChI is InChI=1S/C25H29FN4O4/c1-18-4-3-9-28(14-18)22-12-19(7-8-27-22)23(31)29-10-11-33-17-25(15-29)16-30(24(32)34-25)21-6-2-5-20(26)13-21/h2,5-8,12-13,18H,3-4,9-11,14-17H2,1H3. The van der Waals surface area contributed by atoms with E-state index in [9.17, 15) is 14.0 Å². The molecule has 3 fully saturated rings. The molecule has 1 aromatic heterocycles. The summed E-state index contributed by atoms with van der Waals surface area (Å²) >= 11 is 0. The second-order valence-electron chi connectivity index (χ2n) is 9.49. The van der Waals surface area contributed by atoms with E-state index in [1.807, 2.05) is 6.07 Å². The zero-order valence-electron chi connectivity index (χ0n) is 19.3. The molecule has 0 saturated carbocycles. The number of amides is 2. The highest BCUT2D eigenvalue weighted by atomic mass is 19.1. The lowest BCUT2D eigenvalue weighted by Gasteiger charge is -2.32. The number of nitrogens with zero attached hydrogens (tertiary/aromatic N) is 4. The van der Waals surface area contributed by atoms with Crippen LogP contribution in [0.25, 0.3) is 0 Å². The van der Waals surface area contributed by atoms with E-state index in [0.29, 0.717) is 30.3 Å². The van der Waals surface area contributed by atoms with E-state index >= 15 is 0 Å². The second kappa shape index (κ2) is 9.21. The van der Waals surface area contributed by atoms with Crippen molar-refractivity contribution in [2.75, 3.05) is 55.7 Å². The first-order valence-electron chi connectivity index (χ1n) is 11.8. The van der Waals surface area contributed by atoms with Crippen molar-refractivity contribution in [2.45, 2.75) is 25.4 Å². The first kappa shape index (κ1) is 22.6. The Bertz CT molecular complexity index is 1080. The van der Waals surface area contributed by atoms with Gasteiger partial charge in [-0.05, 0) is 49.1 Å². The highest BCUT2D eigenvalue weighted by Gasteiger charge is 2.49. The molecule has 0 N–H and O–H groups in total. The molecule has 8 nitrogen and oxygen atoms in total. The van der Waals surface area contributed by atoms with Gasteiger partial charge in [0, 0.05) is 31.4 Å². The van der Waals surface area contributed by atoms with Crippen LogP contribution in [-0.2, 0) is 9.47 Å². The Kier molecular flexibility index (Phi) is 6.12. The summed E-state index contributed by atoms with van der Waals surface area (Å²) in [6, 6.07) is 9.39. The first-order valence-corrected chi connectivity index (χ1v) is 11.8. The maximum atomic E-state index is 13.7. The summed E-state index contributed by atoms with van der Waals surface area (Å²) in [6.45, 7) is 5.35. The quantitative estimate of drug-likeness (QED) is 0.688. The van der Waals surface area contributed by atoms with Crippen LogP contribution in [0.2, 0.25) is 0 Å². The van der Waals surface area contributed by atoms with Crippen LogP contribution in [0, 0.1) is 11.7 Å². The van der Waals surface area contributed by atoms with Crippen molar-refractivity contribution in [3.8, 4) is 0 Å². The third-order valence-corrected chi connectivity index (χ3v) is 6.70. The second-order valence-corrected chi connectivity index (χ2v) is 9.49. The van der Waals surface area contributed by atoms with E-state index in [4.69, 9.17) is 9.47 Å². The van der Waals surface area contributed by atoms with Gasteiger partial charge in [0.2, 0.25) is 0 Å². The lowest BCUT2D eigenvalue weighted by atomic mass is 10.0. The fourth-order valence-electron chi connectivity index (χ4n) is 5.01. The zero-order valence-corrected chi connectivity index (χ0v) is 19.3. The normalized spacial score (nSPS) is 25.4. The van der Waals surface area contributed by atoms with E-state index < -0.39 is 17.5 Å². The topological polar surface area (TPSA) is 75.2 Å². The zero-order chi connectivity index (χ0) is 23.7. The lowest BCUT2D eigenvalue weighted by Crippen LogP contribution is -2.49. The Labute approximate surface area is 198 Å². The molecule has 1 aromatic carbocycles. The molecule has 2 amide bonds. The predicted molar refractivity (Wildman–Crippen MR) is 125 cm³/mol. The van der Waals surface area contributed by atoms with E-state index in [1.54, 1.807) is 29.3 Å². The number of hydrogen-bond donors (Lipinski definition) is 0. The summed E-state index contributed by atoms with van der Waals surface area (Å²) < 4.78 is 25.2. The largest absolute Gasteiger partial charge is 0.436 e. The van der Waals surface area contributed by atoms with Crippen molar-refractivity contribution in [3.05, 3.63) is 54.0 Å². The van der Waals surface area contributed by atoms with Gasteiger partial charge in [0.05, 0.1) is 32.0 Å². The smallest absolute Gasteiger partial charge is 0.415 e. The highest BCUT2D eigenvalue weighted by molar-refractivity contribution is 5.95. The monoisotopic (exact) mass is 468 g/mol. The molecule has 4 heterocycles. The molecule has 0 aliphatic carbocycles. The number of rotatable bonds is 3. The van der Waals surface area contributed by atoms with Crippen LogP contribution in [0.15, 0.2) is 42.6 Å². The van der Waals surface area contributed by atoms with Gasteiger partial charge in [0.1, 0.15) is 11.6 Å². The van der Waals surface area contributed by atoms with Gasteiger partial charge in [-0.25, -0.2) is 14.2 Å². The Morgan fingerprint density at radius 3 is 2.91 bits per heavy atom. The molecule has 2 unspecified atom stereocenters. The van der Waals surface area contributed by atoms with E-state index in [0.717, 1.165) is 25.3 Å². The van der Waals surface area contributed by atoms with Crippen molar-refractivity contribution in [1.82, 2.24) is 9.88 Å². The minimum absolute atomic E-state index is 0.154. The number of piperidine rings is 1. The minimum Gasteiger partial charge on any atom is -0.436 e. The molecule has 0 radical (unpaired) electrons. The van der Waals surface area contributed by atoms with Gasteiger partial charge in [-0.15, -0.1) is 0 Å². The molecule has 3 saturated heterocycles. The molecular formula is C25H29FN4O4. The van der Waals surface area contributed by atoms with Gasteiger partial charge in [-0.1, -0.05) is 13.0 Å². The van der Waals surface area contributed by atoms with Gasteiger partial charge < -0.3 is 19.3 Å². The molecule has 2 atom stereocenters. The van der Waals surface area contributed by atoms with Crippen molar-refractivity contribution in [3.63, 3.8) is 0 Å². The van der Waals surface area contributed by atoms with E-state index in [2.05, 4.69) is 16.8 Å². The Hall–Kier alpha value is -3.20. The molecule has 9 heteroatoms. The summed E-state index contributed by atoms with van der Waals surface area (Å²) in [5, 5.41) is 0. The Balaban J connectivity index is 1.34. The van der Waals surface area contributed by atoms with Gasteiger partial charge in [-0.3, -0.25) is 9.69 Å². The third-order valence-electron chi connectivity index (χ3n) is 6.70. The third kappa shape index (κ3) is 4.57. The van der Waals surface area contributed by atoms with Crippen molar-refractivity contribution < 1.29 is 23.5 Å². The summed E-state index contributed by atoms with van der Waals surface area (Å²) in [5.41, 5.74) is -0.0570. The Morgan fingerprint density at radius 2 is 2.09 bits per heavy atom. The van der Waals surface area contributed by atoms with Crippen LogP contribution in [0.5, 0.6) is 0 Å². The van der Waals surface area contributed by atoms with Gasteiger partial charge in [-0.2, -0.15) is 0 Å². The lowest BCUT2D eigenvalue weighted by molar-refractivity contribution is -0.0140. The molecule has 5 rings (SSSR count). The molecule has 3 aliphatic heterocycles. The number of carbonyl (C=O) groups is 2. The van der Waals surface area contributed by atoms with Crippen LogP contribution in [0.4, 0.5) is 20.7 Å². The van der Waals surface area contributed by atoms with E-state index in [1.165, 1.54) is 23.5 Å². The van der Waals surface area contributed by atoms with Crippen molar-refractivity contribution in [2.24, 2.45) is 5.92 Å². The van der Waals surface area contributed by atoms with Crippen LogP contribution >= 0.6 is 0 Å². The van der Waals surface area contributed by atoms with Crippen LogP contribution < -0.4 is 9.80 Å². The number of carbonyl (C=O) groups excluding carboxylic acids is 2. The average molecular weight is 469 g/mol. The maximum absolute atomic E-state index is 13.7. The maximum Gasteiger partial charge on any atom is 0.415 e. The Morgan fingerprint density at radius 1 is 1.21 bits per heavy atom. The number of benzene rings is 1. The van der Waals surface area contributed by atoms with Gasteiger partial charge in [0.15, 0.2) is 5.60 Å². The first-order chi connectivity index (χ1) is 16.4. The molecular weight excluding hydrogens is 439 g/mol. The molecule has 3 aliphatic rings. The predicted octanol–water partition coefficient (Wildman–Crippen LogP) is 3.33. The summed E-state index contributed by atoms with van der Waals surface area (Å²) in [5.74, 6) is 0.814. The minimum atomic E-state index is -1.02. The summed E-state index contributed by atoms with van der Waals surface area (Å²) in [6.07, 6.45) is 3.41. The molecule has 34 heavy (non-hydrogen) atoms. The average Bonchev–Trinajstić information content (AvgIpc) is 3.02.